The Hall–Kier alpha value is -3.01. The maximum atomic E-state index is 14.1. The SMILES string of the molecule is CN(C)CCc1c(-c2ccc(F)cc2)[nH]c2c(F)cc(F)cc12.O=C(O)C(F)(F)F. The van der Waals surface area contributed by atoms with Crippen LogP contribution >= 0.6 is 0 Å². The summed E-state index contributed by atoms with van der Waals surface area (Å²) in [6.07, 6.45) is -4.46. The molecule has 0 aliphatic heterocycles. The molecular formula is C20H18F6N2O2. The highest BCUT2D eigenvalue weighted by atomic mass is 19.4. The monoisotopic (exact) mass is 432 g/mol. The minimum atomic E-state index is -5.08. The van der Waals surface area contributed by atoms with Gasteiger partial charge in [-0.1, -0.05) is 0 Å². The lowest BCUT2D eigenvalue weighted by Crippen LogP contribution is -2.21. The van der Waals surface area contributed by atoms with Crippen molar-refractivity contribution in [1.29, 1.82) is 0 Å². The van der Waals surface area contributed by atoms with Gasteiger partial charge in [0.15, 0.2) is 0 Å². The van der Waals surface area contributed by atoms with Gasteiger partial charge in [-0.15, -0.1) is 0 Å². The highest BCUT2D eigenvalue weighted by Crippen LogP contribution is 2.33. The highest BCUT2D eigenvalue weighted by Gasteiger charge is 2.38. The summed E-state index contributed by atoms with van der Waals surface area (Å²) in [7, 11) is 3.88. The van der Waals surface area contributed by atoms with Gasteiger partial charge in [0.2, 0.25) is 0 Å². The lowest BCUT2D eigenvalue weighted by Gasteiger charge is -2.10. The van der Waals surface area contributed by atoms with Crippen LogP contribution in [0.15, 0.2) is 36.4 Å². The number of fused-ring (bicyclic) bond motifs is 1. The Morgan fingerprint density at radius 1 is 1.03 bits per heavy atom. The topological polar surface area (TPSA) is 56.3 Å². The van der Waals surface area contributed by atoms with Crippen LogP contribution in [0.4, 0.5) is 26.3 Å². The van der Waals surface area contributed by atoms with Gasteiger partial charge in [-0.2, -0.15) is 13.2 Å². The molecule has 2 N–H and O–H groups in total. The predicted molar refractivity (Wildman–Crippen MR) is 99.6 cm³/mol. The maximum Gasteiger partial charge on any atom is 0.490 e. The van der Waals surface area contributed by atoms with E-state index in [1.807, 2.05) is 19.0 Å². The number of carboxylic acids is 1. The summed E-state index contributed by atoms with van der Waals surface area (Å²) in [5, 5.41) is 7.66. The molecule has 2 aromatic carbocycles. The molecule has 3 aromatic rings. The van der Waals surface area contributed by atoms with E-state index in [0.717, 1.165) is 23.7 Å². The summed E-state index contributed by atoms with van der Waals surface area (Å²) < 4.78 is 72.6. The van der Waals surface area contributed by atoms with Crippen molar-refractivity contribution in [3.8, 4) is 11.3 Å². The first-order valence-corrected chi connectivity index (χ1v) is 8.60. The second kappa shape index (κ2) is 9.21. The first kappa shape index (κ1) is 23.3. The van der Waals surface area contributed by atoms with Crippen molar-refractivity contribution in [3.63, 3.8) is 0 Å². The summed E-state index contributed by atoms with van der Waals surface area (Å²) in [6, 6.07) is 8.18. The standard InChI is InChI=1S/C18H17F3N2.C2HF3O2/c1-23(2)8-7-14-15-9-13(20)10-16(21)18(15)22-17(14)11-3-5-12(19)6-4-11;3-2(4,5)1(6)7/h3-6,9-10,22H,7-8H2,1-2H3;(H,6,7). The molecule has 1 aromatic heterocycles. The number of halogens is 6. The number of aromatic amines is 1. The Kier molecular flexibility index (Phi) is 7.14. The number of rotatable bonds is 4. The van der Waals surface area contributed by atoms with E-state index in [1.54, 1.807) is 12.1 Å². The van der Waals surface area contributed by atoms with E-state index in [1.165, 1.54) is 18.2 Å². The summed E-state index contributed by atoms with van der Waals surface area (Å²) >= 11 is 0. The zero-order chi connectivity index (χ0) is 22.6. The number of aliphatic carboxylic acids is 1. The second-order valence-corrected chi connectivity index (χ2v) is 6.65. The lowest BCUT2D eigenvalue weighted by molar-refractivity contribution is -0.192. The van der Waals surface area contributed by atoms with E-state index in [0.29, 0.717) is 17.5 Å². The number of nitrogens with one attached hydrogen (secondary N) is 1. The molecule has 4 nitrogen and oxygen atoms in total. The number of hydrogen-bond acceptors (Lipinski definition) is 2. The largest absolute Gasteiger partial charge is 0.490 e. The molecular weight excluding hydrogens is 414 g/mol. The molecule has 0 saturated carbocycles. The number of carboxylic acid groups (broad SMARTS) is 1. The Morgan fingerprint density at radius 2 is 1.60 bits per heavy atom. The average Bonchev–Trinajstić information content (AvgIpc) is 2.99. The zero-order valence-electron chi connectivity index (χ0n) is 15.9. The number of nitrogens with zero attached hydrogens (tertiary/aromatic N) is 1. The number of likely N-dealkylation sites (N-methyl/N-ethyl adjacent to an activating group) is 1. The second-order valence-electron chi connectivity index (χ2n) is 6.65. The van der Waals surface area contributed by atoms with Crippen molar-refractivity contribution in [3.05, 3.63) is 59.4 Å². The van der Waals surface area contributed by atoms with E-state index in [-0.39, 0.29) is 11.3 Å². The average molecular weight is 432 g/mol. The van der Waals surface area contributed by atoms with Crippen molar-refractivity contribution >= 4 is 16.9 Å². The predicted octanol–water partition coefficient (Wildman–Crippen LogP) is 4.99. The van der Waals surface area contributed by atoms with Crippen LogP contribution in [0.1, 0.15) is 5.56 Å². The first-order chi connectivity index (χ1) is 13.9. The zero-order valence-corrected chi connectivity index (χ0v) is 15.9. The molecule has 0 unspecified atom stereocenters. The van der Waals surface area contributed by atoms with Gasteiger partial charge >= 0.3 is 12.1 Å². The van der Waals surface area contributed by atoms with Gasteiger partial charge in [0.25, 0.3) is 0 Å². The molecule has 3 rings (SSSR count). The highest BCUT2D eigenvalue weighted by molar-refractivity contribution is 5.91. The minimum absolute atomic E-state index is 0.277. The fourth-order valence-electron chi connectivity index (χ4n) is 2.73. The van der Waals surface area contributed by atoms with E-state index in [9.17, 15) is 26.3 Å². The summed E-state index contributed by atoms with van der Waals surface area (Å²) in [5.41, 5.74) is 2.56. The van der Waals surface area contributed by atoms with Crippen LogP contribution in [-0.4, -0.2) is 47.8 Å². The minimum Gasteiger partial charge on any atom is -0.475 e. The summed E-state index contributed by atoms with van der Waals surface area (Å²) in [6.45, 7) is 0.735. The molecule has 0 aliphatic carbocycles. The molecule has 162 valence electrons. The summed E-state index contributed by atoms with van der Waals surface area (Å²) in [5.74, 6) is -4.32. The molecule has 0 saturated heterocycles. The van der Waals surface area contributed by atoms with Gasteiger partial charge in [0.1, 0.15) is 17.5 Å². The quantitative estimate of drug-likeness (QED) is 0.572. The van der Waals surface area contributed by atoms with Crippen LogP contribution < -0.4 is 0 Å². The first-order valence-electron chi connectivity index (χ1n) is 8.60. The van der Waals surface area contributed by atoms with Crippen LogP contribution in [0.3, 0.4) is 0 Å². The van der Waals surface area contributed by atoms with E-state index in [4.69, 9.17) is 9.90 Å². The van der Waals surface area contributed by atoms with Crippen molar-refractivity contribution in [1.82, 2.24) is 9.88 Å². The van der Waals surface area contributed by atoms with E-state index >= 15 is 0 Å². The van der Waals surface area contributed by atoms with Gasteiger partial charge in [-0.25, -0.2) is 18.0 Å². The van der Waals surface area contributed by atoms with Gasteiger partial charge in [0.05, 0.1) is 5.52 Å². The molecule has 1 heterocycles. The summed E-state index contributed by atoms with van der Waals surface area (Å²) in [4.78, 5) is 13.9. The molecule has 0 aliphatic rings. The number of carbonyl (C=O) groups is 1. The van der Waals surface area contributed by atoms with Gasteiger partial charge < -0.3 is 15.0 Å². The molecule has 0 bridgehead atoms. The van der Waals surface area contributed by atoms with Crippen molar-refractivity contribution in [2.24, 2.45) is 0 Å². The molecule has 10 heteroatoms. The maximum absolute atomic E-state index is 14.1. The van der Waals surface area contributed by atoms with Crippen molar-refractivity contribution in [2.45, 2.75) is 12.6 Å². The third-order valence-corrected chi connectivity index (χ3v) is 4.12. The van der Waals surface area contributed by atoms with Crippen LogP contribution in [0, 0.1) is 17.5 Å². The fourth-order valence-corrected chi connectivity index (χ4v) is 2.73. The van der Waals surface area contributed by atoms with Crippen LogP contribution in [0.2, 0.25) is 0 Å². The molecule has 0 spiro atoms. The Labute approximate surface area is 167 Å². The van der Waals surface area contributed by atoms with Crippen molar-refractivity contribution < 1.29 is 36.2 Å². The lowest BCUT2D eigenvalue weighted by atomic mass is 10.0. The third kappa shape index (κ3) is 5.76. The van der Waals surface area contributed by atoms with Crippen LogP contribution in [0.25, 0.3) is 22.2 Å². The molecule has 0 fully saturated rings. The smallest absolute Gasteiger partial charge is 0.475 e. The number of alkyl halides is 3. The molecule has 30 heavy (non-hydrogen) atoms. The number of aromatic nitrogens is 1. The molecule has 0 amide bonds. The Bertz CT molecular complexity index is 1030. The third-order valence-electron chi connectivity index (χ3n) is 4.12. The number of hydrogen-bond donors (Lipinski definition) is 2. The number of H-pyrrole nitrogens is 1. The molecule has 0 atom stereocenters. The molecule has 0 radical (unpaired) electrons. The van der Waals surface area contributed by atoms with Crippen LogP contribution in [0.5, 0.6) is 0 Å². The fraction of sp³-hybridized carbons (Fsp3) is 0.250. The van der Waals surface area contributed by atoms with Gasteiger partial charge in [0, 0.05) is 23.7 Å². The van der Waals surface area contributed by atoms with Gasteiger partial charge in [-0.3, -0.25) is 0 Å². The Balaban J connectivity index is 0.000000396. The normalized spacial score (nSPS) is 11.5. The number of benzene rings is 2. The van der Waals surface area contributed by atoms with Crippen molar-refractivity contribution in [2.75, 3.05) is 20.6 Å². The van der Waals surface area contributed by atoms with Crippen LogP contribution in [-0.2, 0) is 11.2 Å². The Morgan fingerprint density at radius 3 is 2.10 bits per heavy atom. The van der Waals surface area contributed by atoms with E-state index < -0.39 is 23.8 Å². The van der Waals surface area contributed by atoms with E-state index in [2.05, 4.69) is 4.98 Å². The van der Waals surface area contributed by atoms with Gasteiger partial charge in [-0.05, 0) is 62.0 Å².